The SMILES string of the molecule is CCOC(=O)CC[C@H](NC(=O)c1ccc(S(=O)(=O)Nc2ccc3ccc4nc(N)[nH]c(=O)c4c3c2)cc1)C(=O)OCC. The van der Waals surface area contributed by atoms with E-state index >= 15 is 0 Å². The average Bonchev–Trinajstić information content (AvgIpc) is 2.94. The minimum absolute atomic E-state index is 0.0316. The summed E-state index contributed by atoms with van der Waals surface area (Å²) in [7, 11) is -4.09. The van der Waals surface area contributed by atoms with Gasteiger partial charge in [-0.25, -0.2) is 18.2 Å². The number of H-pyrrole nitrogens is 1. The van der Waals surface area contributed by atoms with Crippen LogP contribution in [0.25, 0.3) is 21.7 Å². The summed E-state index contributed by atoms with van der Waals surface area (Å²) < 4.78 is 38.6. The third-order valence-corrected chi connectivity index (χ3v) is 7.60. The largest absolute Gasteiger partial charge is 0.466 e. The summed E-state index contributed by atoms with van der Waals surface area (Å²) >= 11 is 0. The standard InChI is InChI=1S/C28H29N5O8S/c1-3-40-23(34)14-13-22(27(37)41-4-2)30-25(35)17-6-10-19(11-7-17)42(38,39)33-18-9-5-16-8-12-21-24(20(16)15-18)26(36)32-28(29)31-21/h5-12,15,22,33H,3-4,13-14H2,1-2H3,(H,30,35)(H3,29,31,32,36)/t22-/m0/s1. The van der Waals surface area contributed by atoms with Gasteiger partial charge in [0.05, 0.1) is 29.0 Å². The summed E-state index contributed by atoms with van der Waals surface area (Å²) in [6, 6.07) is 12.1. The number of benzene rings is 3. The van der Waals surface area contributed by atoms with Gasteiger partial charge in [0.15, 0.2) is 0 Å². The number of hydrogen-bond donors (Lipinski definition) is 4. The van der Waals surface area contributed by atoms with Crippen molar-refractivity contribution in [2.75, 3.05) is 23.7 Å². The van der Waals surface area contributed by atoms with E-state index in [-0.39, 0.29) is 53.5 Å². The Bertz CT molecular complexity index is 1820. The lowest BCUT2D eigenvalue weighted by Gasteiger charge is -2.17. The third-order valence-electron chi connectivity index (χ3n) is 6.21. The number of nitrogens with zero attached hydrogens (tertiary/aromatic N) is 1. The number of nitrogens with one attached hydrogen (secondary N) is 3. The van der Waals surface area contributed by atoms with Gasteiger partial charge in [0, 0.05) is 17.7 Å². The molecule has 1 heterocycles. The quantitative estimate of drug-likeness (QED) is 0.147. The average molecular weight is 596 g/mol. The monoisotopic (exact) mass is 595 g/mol. The lowest BCUT2D eigenvalue weighted by molar-refractivity contribution is -0.146. The van der Waals surface area contributed by atoms with E-state index in [1.54, 1.807) is 38.1 Å². The molecule has 1 amide bonds. The number of ether oxygens (including phenoxy) is 2. The van der Waals surface area contributed by atoms with Crippen molar-refractivity contribution in [1.82, 2.24) is 15.3 Å². The molecule has 3 aromatic carbocycles. The zero-order valence-electron chi connectivity index (χ0n) is 22.8. The number of fused-ring (bicyclic) bond motifs is 3. The first kappa shape index (κ1) is 30.0. The molecule has 0 aliphatic rings. The van der Waals surface area contributed by atoms with E-state index in [1.807, 2.05) is 0 Å². The van der Waals surface area contributed by atoms with Crippen LogP contribution in [0.3, 0.4) is 0 Å². The van der Waals surface area contributed by atoms with Crippen LogP contribution in [-0.4, -0.2) is 55.5 Å². The number of anilines is 2. The van der Waals surface area contributed by atoms with Gasteiger partial charge in [0.25, 0.3) is 21.5 Å². The maximum absolute atomic E-state index is 13.1. The van der Waals surface area contributed by atoms with Crippen molar-refractivity contribution in [3.8, 4) is 0 Å². The number of carbonyl (C=O) groups is 3. The first-order valence-corrected chi connectivity index (χ1v) is 14.5. The van der Waals surface area contributed by atoms with E-state index in [0.717, 1.165) is 0 Å². The minimum atomic E-state index is -4.09. The molecular weight excluding hydrogens is 566 g/mol. The Morgan fingerprint density at radius 3 is 2.38 bits per heavy atom. The molecule has 0 unspecified atom stereocenters. The van der Waals surface area contributed by atoms with E-state index in [9.17, 15) is 27.6 Å². The van der Waals surface area contributed by atoms with Gasteiger partial charge in [0.1, 0.15) is 6.04 Å². The van der Waals surface area contributed by atoms with Crippen LogP contribution in [0.15, 0.2) is 64.3 Å². The van der Waals surface area contributed by atoms with Crippen molar-refractivity contribution in [1.29, 1.82) is 0 Å². The van der Waals surface area contributed by atoms with Crippen molar-refractivity contribution >= 4 is 61.2 Å². The van der Waals surface area contributed by atoms with Crippen LogP contribution in [0.2, 0.25) is 0 Å². The molecule has 4 rings (SSSR count). The second kappa shape index (κ2) is 12.7. The molecule has 0 bridgehead atoms. The van der Waals surface area contributed by atoms with Gasteiger partial charge in [-0.05, 0) is 73.5 Å². The number of rotatable bonds is 11. The Morgan fingerprint density at radius 1 is 1.00 bits per heavy atom. The van der Waals surface area contributed by atoms with Crippen molar-refractivity contribution in [2.45, 2.75) is 37.6 Å². The molecule has 0 spiro atoms. The molecule has 5 N–H and O–H groups in total. The number of hydrogen-bond acceptors (Lipinski definition) is 10. The van der Waals surface area contributed by atoms with Gasteiger partial charge in [-0.1, -0.05) is 12.1 Å². The van der Waals surface area contributed by atoms with Crippen LogP contribution in [0, 0.1) is 0 Å². The van der Waals surface area contributed by atoms with E-state index in [2.05, 4.69) is 20.0 Å². The molecule has 42 heavy (non-hydrogen) atoms. The first-order valence-electron chi connectivity index (χ1n) is 13.0. The maximum Gasteiger partial charge on any atom is 0.328 e. The fraction of sp³-hybridized carbons (Fsp3) is 0.250. The Kier molecular flexibility index (Phi) is 9.06. The summed E-state index contributed by atoms with van der Waals surface area (Å²) in [4.78, 5) is 55.9. The molecular formula is C28H29N5O8S. The predicted molar refractivity (Wildman–Crippen MR) is 155 cm³/mol. The lowest BCUT2D eigenvalue weighted by Crippen LogP contribution is -2.42. The summed E-state index contributed by atoms with van der Waals surface area (Å²) in [5.41, 5.74) is 5.83. The minimum Gasteiger partial charge on any atom is -0.466 e. The summed E-state index contributed by atoms with van der Waals surface area (Å²) in [6.07, 6.45) is -0.139. The first-order chi connectivity index (χ1) is 20.0. The van der Waals surface area contributed by atoms with Gasteiger partial charge in [-0.15, -0.1) is 0 Å². The number of sulfonamides is 1. The number of amides is 1. The fourth-order valence-electron chi connectivity index (χ4n) is 4.27. The fourth-order valence-corrected chi connectivity index (χ4v) is 5.32. The molecule has 1 atom stereocenters. The van der Waals surface area contributed by atoms with E-state index in [1.165, 1.54) is 30.3 Å². The molecule has 0 saturated heterocycles. The van der Waals surface area contributed by atoms with E-state index in [0.29, 0.717) is 16.3 Å². The number of esters is 2. The molecule has 1 aromatic heterocycles. The smallest absolute Gasteiger partial charge is 0.328 e. The van der Waals surface area contributed by atoms with Gasteiger partial charge >= 0.3 is 11.9 Å². The highest BCUT2D eigenvalue weighted by molar-refractivity contribution is 7.92. The predicted octanol–water partition coefficient (Wildman–Crippen LogP) is 2.46. The number of nitrogens with two attached hydrogens (primary N) is 1. The Hall–Kier alpha value is -4.98. The van der Waals surface area contributed by atoms with Crippen LogP contribution < -0.4 is 21.3 Å². The zero-order valence-corrected chi connectivity index (χ0v) is 23.6. The summed E-state index contributed by atoms with van der Waals surface area (Å²) in [5, 5.41) is 3.97. The number of nitrogen functional groups attached to an aromatic ring is 1. The molecule has 0 aliphatic heterocycles. The van der Waals surface area contributed by atoms with E-state index in [4.69, 9.17) is 15.2 Å². The molecule has 0 fully saturated rings. The van der Waals surface area contributed by atoms with Crippen LogP contribution in [0.4, 0.5) is 11.6 Å². The molecule has 0 radical (unpaired) electrons. The van der Waals surface area contributed by atoms with Crippen LogP contribution in [0.5, 0.6) is 0 Å². The zero-order chi connectivity index (χ0) is 30.4. The van der Waals surface area contributed by atoms with Crippen LogP contribution >= 0.6 is 0 Å². The topological polar surface area (TPSA) is 200 Å². The Morgan fingerprint density at radius 2 is 1.69 bits per heavy atom. The second-order valence-corrected chi connectivity index (χ2v) is 10.8. The third kappa shape index (κ3) is 6.83. The molecule has 4 aromatic rings. The molecule has 14 heteroatoms. The number of aromatic amines is 1. The summed E-state index contributed by atoms with van der Waals surface area (Å²) in [5.74, 6) is -1.91. The molecule has 220 valence electrons. The van der Waals surface area contributed by atoms with Crippen molar-refractivity contribution < 1.29 is 32.3 Å². The molecule has 13 nitrogen and oxygen atoms in total. The highest BCUT2D eigenvalue weighted by atomic mass is 32.2. The van der Waals surface area contributed by atoms with Crippen LogP contribution in [-0.2, 0) is 29.1 Å². The van der Waals surface area contributed by atoms with Gasteiger partial charge in [-0.2, -0.15) is 0 Å². The normalized spacial score (nSPS) is 12.0. The van der Waals surface area contributed by atoms with E-state index < -0.39 is 39.5 Å². The molecule has 0 saturated carbocycles. The van der Waals surface area contributed by atoms with Crippen molar-refractivity contribution in [3.05, 3.63) is 70.5 Å². The van der Waals surface area contributed by atoms with Gasteiger partial charge < -0.3 is 20.5 Å². The van der Waals surface area contributed by atoms with Crippen molar-refractivity contribution in [2.24, 2.45) is 0 Å². The lowest BCUT2D eigenvalue weighted by atomic mass is 10.1. The van der Waals surface area contributed by atoms with Crippen LogP contribution in [0.1, 0.15) is 37.0 Å². The summed E-state index contributed by atoms with van der Waals surface area (Å²) in [6.45, 7) is 3.54. The van der Waals surface area contributed by atoms with Crippen molar-refractivity contribution in [3.63, 3.8) is 0 Å². The Labute approximate surface area is 240 Å². The number of aromatic nitrogens is 2. The second-order valence-electron chi connectivity index (χ2n) is 9.10. The van der Waals surface area contributed by atoms with Gasteiger partial charge in [-0.3, -0.25) is 24.1 Å². The highest BCUT2D eigenvalue weighted by Gasteiger charge is 2.24. The maximum atomic E-state index is 13.1. The highest BCUT2D eigenvalue weighted by Crippen LogP contribution is 2.26. The van der Waals surface area contributed by atoms with Gasteiger partial charge in [0.2, 0.25) is 5.95 Å². The Balaban J connectivity index is 1.52. The molecule has 0 aliphatic carbocycles. The number of carbonyl (C=O) groups excluding carboxylic acids is 3.